The number of aromatic amines is 1. The maximum atomic E-state index is 13.0. The number of benzene rings is 1. The Bertz CT molecular complexity index is 1210. The van der Waals surface area contributed by atoms with E-state index < -0.39 is 0 Å². The molecule has 0 saturated heterocycles. The van der Waals surface area contributed by atoms with Crippen molar-refractivity contribution in [3.8, 4) is 0 Å². The number of pyridine rings is 1. The lowest BCUT2D eigenvalue weighted by atomic mass is 9.97. The number of hydrogen-bond acceptors (Lipinski definition) is 4. The first-order valence-corrected chi connectivity index (χ1v) is 10.9. The molecule has 1 aromatic carbocycles. The topological polar surface area (TPSA) is 67.8 Å². The molecule has 0 atom stereocenters. The van der Waals surface area contributed by atoms with Crippen molar-refractivity contribution in [3.05, 3.63) is 80.6 Å². The number of fused-ring (bicyclic) bond motifs is 1. The number of Topliss-reactive ketones (excluding diaryl/α,β-unsaturated/α-hetero) is 1. The number of rotatable bonds is 7. The zero-order valence-corrected chi connectivity index (χ0v) is 17.7. The molecule has 1 aliphatic carbocycles. The molecule has 0 saturated carbocycles. The first-order chi connectivity index (χ1) is 14.6. The van der Waals surface area contributed by atoms with Gasteiger partial charge in [0.15, 0.2) is 10.6 Å². The van der Waals surface area contributed by atoms with Gasteiger partial charge in [0.1, 0.15) is 0 Å². The lowest BCUT2D eigenvalue weighted by Crippen LogP contribution is -2.23. The van der Waals surface area contributed by atoms with Crippen LogP contribution in [0.3, 0.4) is 0 Å². The zero-order chi connectivity index (χ0) is 20.9. The number of hydrogen-bond donors (Lipinski definition) is 1. The Hall–Kier alpha value is -2.86. The van der Waals surface area contributed by atoms with Crippen LogP contribution in [0.25, 0.3) is 10.9 Å². The van der Waals surface area contributed by atoms with E-state index >= 15 is 0 Å². The number of carbonyl (C=O) groups is 1. The van der Waals surface area contributed by atoms with E-state index in [9.17, 15) is 9.59 Å². The summed E-state index contributed by atoms with van der Waals surface area (Å²) in [6.45, 7) is 0.584. The molecule has 4 rings (SSSR count). The highest BCUT2D eigenvalue weighted by Crippen LogP contribution is 2.21. The predicted octanol–water partition coefficient (Wildman–Crippen LogP) is 5.16. The molecule has 0 amide bonds. The van der Waals surface area contributed by atoms with Crippen LogP contribution in [-0.4, -0.2) is 20.3 Å². The zero-order valence-electron chi connectivity index (χ0n) is 16.9. The molecule has 2 aromatic heterocycles. The Morgan fingerprint density at radius 2 is 2.07 bits per heavy atom. The van der Waals surface area contributed by atoms with Crippen LogP contribution >= 0.6 is 12.2 Å². The van der Waals surface area contributed by atoms with Crippen molar-refractivity contribution < 1.29 is 4.79 Å². The lowest BCUT2D eigenvalue weighted by molar-refractivity contribution is 0.0982. The average molecular weight is 420 g/mol. The minimum Gasteiger partial charge on any atom is -0.332 e. The standard InChI is InChI=1S/C24H25N3O2S/c28-22(12-10-19-8-4-5-14-25-19)18-9-11-20-21(16-18)26-24(30)27(23(20)29)15-13-17-6-2-1-3-7-17/h4-6,8-9,11,14,16H,1-3,7,10,12-13,15H2,(H,26,30). The van der Waals surface area contributed by atoms with Gasteiger partial charge in [-0.1, -0.05) is 23.8 Å². The summed E-state index contributed by atoms with van der Waals surface area (Å²) in [5.74, 6) is 0.0234. The molecule has 0 aliphatic heterocycles. The lowest BCUT2D eigenvalue weighted by Gasteiger charge is -2.14. The SMILES string of the molecule is O=C(CCc1ccccn1)c1ccc2c(=O)n(CCC3=CCCCC3)c(=S)[nH]c2c1. The Labute approximate surface area is 180 Å². The van der Waals surface area contributed by atoms with Crippen LogP contribution in [0.4, 0.5) is 0 Å². The Balaban J connectivity index is 1.53. The normalized spacial score (nSPS) is 13.9. The van der Waals surface area contributed by atoms with E-state index in [1.54, 1.807) is 29.0 Å². The molecule has 1 N–H and O–H groups in total. The van der Waals surface area contributed by atoms with Gasteiger partial charge < -0.3 is 4.98 Å². The first-order valence-electron chi connectivity index (χ1n) is 10.5. The smallest absolute Gasteiger partial charge is 0.262 e. The number of allylic oxidation sites excluding steroid dienone is 2. The maximum Gasteiger partial charge on any atom is 0.262 e. The van der Waals surface area contributed by atoms with Gasteiger partial charge in [0.05, 0.1) is 10.9 Å². The van der Waals surface area contributed by atoms with E-state index in [2.05, 4.69) is 16.0 Å². The average Bonchev–Trinajstić information content (AvgIpc) is 2.78. The van der Waals surface area contributed by atoms with Gasteiger partial charge in [-0.15, -0.1) is 0 Å². The highest BCUT2D eigenvalue weighted by atomic mass is 32.1. The first kappa shape index (κ1) is 20.4. The van der Waals surface area contributed by atoms with Gasteiger partial charge in [0, 0.05) is 30.4 Å². The van der Waals surface area contributed by atoms with Gasteiger partial charge in [-0.05, 0) is 75.0 Å². The second-order valence-corrected chi connectivity index (χ2v) is 8.14. The number of nitrogens with one attached hydrogen (secondary N) is 1. The number of carbonyl (C=O) groups excluding carboxylic acids is 1. The molecular formula is C24H25N3O2S. The molecule has 30 heavy (non-hydrogen) atoms. The quantitative estimate of drug-likeness (QED) is 0.326. The van der Waals surface area contributed by atoms with Crippen LogP contribution < -0.4 is 5.56 Å². The third-order valence-corrected chi connectivity index (χ3v) is 6.00. The summed E-state index contributed by atoms with van der Waals surface area (Å²) >= 11 is 5.45. The molecule has 2 heterocycles. The predicted molar refractivity (Wildman–Crippen MR) is 121 cm³/mol. The molecule has 0 fully saturated rings. The van der Waals surface area contributed by atoms with Crippen molar-refractivity contribution in [2.75, 3.05) is 0 Å². The van der Waals surface area contributed by atoms with Crippen molar-refractivity contribution in [3.63, 3.8) is 0 Å². The van der Waals surface area contributed by atoms with E-state index in [1.165, 1.54) is 18.4 Å². The fourth-order valence-corrected chi connectivity index (χ4v) is 4.23. The Morgan fingerprint density at radius 3 is 2.83 bits per heavy atom. The highest BCUT2D eigenvalue weighted by molar-refractivity contribution is 7.71. The summed E-state index contributed by atoms with van der Waals surface area (Å²) in [5.41, 5.74) is 3.39. The van der Waals surface area contributed by atoms with Crippen LogP contribution in [0, 0.1) is 4.77 Å². The van der Waals surface area contributed by atoms with Crippen LogP contribution in [-0.2, 0) is 13.0 Å². The summed E-state index contributed by atoms with van der Waals surface area (Å²) in [6.07, 6.45) is 10.6. The van der Waals surface area contributed by atoms with Crippen molar-refractivity contribution in [1.82, 2.24) is 14.5 Å². The van der Waals surface area contributed by atoms with Crippen LogP contribution in [0.5, 0.6) is 0 Å². The summed E-state index contributed by atoms with van der Waals surface area (Å²) in [6, 6.07) is 10.9. The molecule has 5 nitrogen and oxygen atoms in total. The molecule has 1 aliphatic rings. The van der Waals surface area contributed by atoms with Gasteiger partial charge in [-0.3, -0.25) is 19.1 Å². The third-order valence-electron chi connectivity index (χ3n) is 5.68. The third kappa shape index (κ3) is 4.65. The maximum absolute atomic E-state index is 13.0. The van der Waals surface area contributed by atoms with E-state index in [0.717, 1.165) is 25.0 Å². The van der Waals surface area contributed by atoms with Crippen LogP contribution in [0.15, 0.2) is 59.0 Å². The largest absolute Gasteiger partial charge is 0.332 e. The minimum absolute atomic E-state index is 0.0234. The van der Waals surface area contributed by atoms with Gasteiger partial charge in [-0.2, -0.15) is 0 Å². The minimum atomic E-state index is -0.0994. The molecule has 0 spiro atoms. The monoisotopic (exact) mass is 419 g/mol. The second kappa shape index (κ2) is 9.30. The number of H-pyrrole nitrogens is 1. The molecule has 3 aromatic rings. The number of aromatic nitrogens is 3. The number of nitrogens with zero attached hydrogens (tertiary/aromatic N) is 2. The van der Waals surface area contributed by atoms with E-state index in [4.69, 9.17) is 12.2 Å². The summed E-state index contributed by atoms with van der Waals surface area (Å²) in [5, 5.41) is 0.558. The van der Waals surface area contributed by atoms with Crippen molar-refractivity contribution in [2.45, 2.75) is 51.5 Å². The Kier molecular flexibility index (Phi) is 6.33. The van der Waals surface area contributed by atoms with Gasteiger partial charge in [-0.25, -0.2) is 0 Å². The molecule has 0 unspecified atom stereocenters. The summed E-state index contributed by atoms with van der Waals surface area (Å²) < 4.78 is 2.04. The van der Waals surface area contributed by atoms with Crippen LogP contribution in [0.2, 0.25) is 0 Å². The molecule has 0 bridgehead atoms. The molecule has 0 radical (unpaired) electrons. The van der Waals surface area contributed by atoms with Gasteiger partial charge >= 0.3 is 0 Å². The van der Waals surface area contributed by atoms with Crippen molar-refractivity contribution in [2.24, 2.45) is 0 Å². The summed E-state index contributed by atoms with van der Waals surface area (Å²) in [4.78, 5) is 33.0. The van der Waals surface area contributed by atoms with Gasteiger partial charge in [0.2, 0.25) is 0 Å². The van der Waals surface area contributed by atoms with E-state index in [-0.39, 0.29) is 11.3 Å². The van der Waals surface area contributed by atoms with Gasteiger partial charge in [0.25, 0.3) is 5.56 Å². The van der Waals surface area contributed by atoms with Crippen LogP contribution in [0.1, 0.15) is 54.6 Å². The summed E-state index contributed by atoms with van der Waals surface area (Å²) in [7, 11) is 0. The van der Waals surface area contributed by atoms with E-state index in [0.29, 0.717) is 40.6 Å². The molecule has 154 valence electrons. The highest BCUT2D eigenvalue weighted by Gasteiger charge is 2.12. The fourth-order valence-electron chi connectivity index (χ4n) is 3.95. The van der Waals surface area contributed by atoms with Crippen molar-refractivity contribution >= 4 is 28.9 Å². The van der Waals surface area contributed by atoms with Crippen molar-refractivity contribution in [1.29, 1.82) is 0 Å². The number of aryl methyl sites for hydroxylation is 1. The second-order valence-electron chi connectivity index (χ2n) is 7.75. The number of ketones is 1. The Morgan fingerprint density at radius 1 is 1.17 bits per heavy atom. The molecule has 6 heteroatoms. The fraction of sp³-hybridized carbons (Fsp3) is 0.333. The molecular weight excluding hydrogens is 394 g/mol. The van der Waals surface area contributed by atoms with E-state index in [1.807, 2.05) is 18.2 Å².